The van der Waals surface area contributed by atoms with E-state index in [0.717, 1.165) is 6.07 Å². The van der Waals surface area contributed by atoms with E-state index >= 15 is 4.39 Å². The van der Waals surface area contributed by atoms with Crippen molar-refractivity contribution < 1.29 is 37.7 Å². The number of aliphatic carboxylic acids is 1. The largest absolute Gasteiger partial charge is 0.492 e. The van der Waals surface area contributed by atoms with Gasteiger partial charge >= 0.3 is 5.97 Å². The molecule has 218 valence electrons. The molecule has 1 N–H and O–H groups in total. The number of piperidine rings is 1. The summed E-state index contributed by atoms with van der Waals surface area (Å²) in [6.07, 6.45) is 3.35. The molecule has 12 heteroatoms. The van der Waals surface area contributed by atoms with E-state index in [4.69, 9.17) is 21.1 Å². The molecular formula is C30H26ClF2N3O6. The molecule has 0 bridgehead atoms. The number of aromatic nitrogens is 1. The van der Waals surface area contributed by atoms with Crippen LogP contribution in [0.3, 0.4) is 0 Å². The number of carboxylic acids is 1. The molecule has 2 fully saturated rings. The maximum absolute atomic E-state index is 15.3. The van der Waals surface area contributed by atoms with Gasteiger partial charge in [0.15, 0.2) is 6.61 Å². The third-order valence-electron chi connectivity index (χ3n) is 8.04. The van der Waals surface area contributed by atoms with Crippen molar-refractivity contribution in [2.45, 2.75) is 31.7 Å². The van der Waals surface area contributed by atoms with Crippen LogP contribution in [0.15, 0.2) is 48.7 Å². The number of carbonyl (C=O) groups is 3. The molecule has 1 saturated heterocycles. The van der Waals surface area contributed by atoms with Gasteiger partial charge in [-0.2, -0.15) is 0 Å². The summed E-state index contributed by atoms with van der Waals surface area (Å²) in [5.74, 6) is -2.48. The Bertz CT molecular complexity index is 1590. The maximum Gasteiger partial charge on any atom is 0.313 e. The second-order valence-corrected chi connectivity index (χ2v) is 11.2. The van der Waals surface area contributed by atoms with Crippen molar-refractivity contribution in [1.29, 1.82) is 0 Å². The second kappa shape index (κ2) is 10.9. The number of pyridine rings is 1. The summed E-state index contributed by atoms with van der Waals surface area (Å²) in [6.45, 7) is 0.371. The molecule has 0 radical (unpaired) electrons. The van der Waals surface area contributed by atoms with Gasteiger partial charge in [-0.15, -0.1) is 0 Å². The predicted octanol–water partition coefficient (Wildman–Crippen LogP) is 4.95. The van der Waals surface area contributed by atoms with Crippen molar-refractivity contribution >= 4 is 35.1 Å². The SMILES string of the molecule is O=C(c1ccc(-c2cc(F)ccc2OCC2(C(=O)O)CC2)cc1F)N1CCC(N2C(=O)COc3ncc(Cl)cc32)CC1. The van der Waals surface area contributed by atoms with Gasteiger partial charge in [-0.05, 0) is 67.6 Å². The molecule has 3 aromatic rings. The van der Waals surface area contributed by atoms with Crippen LogP contribution in [0.25, 0.3) is 11.1 Å². The van der Waals surface area contributed by atoms with Crippen molar-refractivity contribution in [2.75, 3.05) is 31.2 Å². The molecular weight excluding hydrogens is 572 g/mol. The van der Waals surface area contributed by atoms with Gasteiger partial charge in [0.05, 0.1) is 10.6 Å². The first kappa shape index (κ1) is 27.9. The van der Waals surface area contributed by atoms with Gasteiger partial charge in [0.2, 0.25) is 5.88 Å². The Labute approximate surface area is 244 Å². The van der Waals surface area contributed by atoms with E-state index in [1.807, 2.05) is 0 Å². The number of rotatable bonds is 7. The van der Waals surface area contributed by atoms with Crippen LogP contribution >= 0.6 is 11.6 Å². The number of amides is 2. The summed E-state index contributed by atoms with van der Waals surface area (Å²) in [5.41, 5.74) is -0.0684. The maximum atomic E-state index is 15.3. The van der Waals surface area contributed by atoms with Gasteiger partial charge in [-0.3, -0.25) is 14.4 Å². The smallest absolute Gasteiger partial charge is 0.313 e. The summed E-state index contributed by atoms with van der Waals surface area (Å²) in [4.78, 5) is 44.8. The lowest BCUT2D eigenvalue weighted by atomic mass is 9.99. The highest BCUT2D eigenvalue weighted by atomic mass is 35.5. The molecule has 2 aromatic carbocycles. The van der Waals surface area contributed by atoms with E-state index in [9.17, 15) is 23.9 Å². The lowest BCUT2D eigenvalue weighted by Crippen LogP contribution is -2.51. The van der Waals surface area contributed by atoms with E-state index in [-0.39, 0.29) is 47.6 Å². The monoisotopic (exact) mass is 597 g/mol. The molecule has 0 spiro atoms. The lowest BCUT2D eigenvalue weighted by Gasteiger charge is -2.40. The molecule has 2 amide bonds. The van der Waals surface area contributed by atoms with Crippen molar-refractivity contribution in [3.05, 3.63) is 70.9 Å². The van der Waals surface area contributed by atoms with E-state index in [1.165, 1.54) is 41.4 Å². The number of ether oxygens (including phenoxy) is 2. The second-order valence-electron chi connectivity index (χ2n) is 10.8. The fourth-order valence-electron chi connectivity index (χ4n) is 5.43. The van der Waals surface area contributed by atoms with Crippen LogP contribution in [-0.2, 0) is 9.59 Å². The van der Waals surface area contributed by atoms with Crippen molar-refractivity contribution in [3.63, 3.8) is 0 Å². The number of carbonyl (C=O) groups excluding carboxylic acids is 2. The molecule has 0 unspecified atom stereocenters. The zero-order valence-corrected chi connectivity index (χ0v) is 23.1. The molecule has 1 aromatic heterocycles. The number of nitrogens with zero attached hydrogens (tertiary/aromatic N) is 3. The van der Waals surface area contributed by atoms with Gasteiger partial charge in [0.25, 0.3) is 11.8 Å². The first-order valence-electron chi connectivity index (χ1n) is 13.5. The molecule has 9 nitrogen and oxygen atoms in total. The first-order chi connectivity index (χ1) is 20.1. The fraction of sp³-hybridized carbons (Fsp3) is 0.333. The number of carboxylic acid groups (broad SMARTS) is 1. The summed E-state index contributed by atoms with van der Waals surface area (Å²) in [6, 6.07) is 9.17. The van der Waals surface area contributed by atoms with Gasteiger partial charge in [-0.25, -0.2) is 13.8 Å². The van der Waals surface area contributed by atoms with Crippen molar-refractivity contribution in [3.8, 4) is 22.8 Å². The Morgan fingerprint density at radius 1 is 1.12 bits per heavy atom. The molecule has 1 saturated carbocycles. The molecule has 0 atom stereocenters. The van der Waals surface area contributed by atoms with Crippen LogP contribution in [0.2, 0.25) is 5.02 Å². The molecule has 3 aliphatic rings. The normalized spacial score (nSPS) is 17.8. The van der Waals surface area contributed by atoms with Crippen LogP contribution in [0, 0.1) is 17.0 Å². The summed E-state index contributed by atoms with van der Waals surface area (Å²) < 4.78 is 40.7. The third kappa shape index (κ3) is 5.24. The summed E-state index contributed by atoms with van der Waals surface area (Å²) in [5, 5.41) is 9.79. The Morgan fingerprint density at radius 3 is 2.57 bits per heavy atom. The fourth-order valence-corrected chi connectivity index (χ4v) is 5.58. The highest BCUT2D eigenvalue weighted by Crippen LogP contribution is 2.47. The molecule has 6 rings (SSSR count). The highest BCUT2D eigenvalue weighted by molar-refractivity contribution is 6.30. The van der Waals surface area contributed by atoms with Crippen LogP contribution in [0.5, 0.6) is 11.6 Å². The summed E-state index contributed by atoms with van der Waals surface area (Å²) >= 11 is 6.10. The van der Waals surface area contributed by atoms with Crippen molar-refractivity contribution in [2.24, 2.45) is 5.41 Å². The minimum atomic E-state index is -0.955. The van der Waals surface area contributed by atoms with E-state index in [2.05, 4.69) is 4.98 Å². The Morgan fingerprint density at radius 2 is 1.88 bits per heavy atom. The standard InChI is InChI=1S/C30H26ClF2N3O6/c31-18-12-24-27(34-14-18)41-15-26(37)36(24)20-5-9-35(10-6-20)28(38)21-3-1-17(11-23(21)33)22-13-19(32)2-4-25(22)42-16-30(7-8-30)29(39)40/h1-4,11-14,20H,5-10,15-16H2,(H,39,40). The van der Waals surface area contributed by atoms with Gasteiger partial charge in [0.1, 0.15) is 35.1 Å². The molecule has 3 heterocycles. The molecule has 1 aliphatic carbocycles. The lowest BCUT2D eigenvalue weighted by molar-refractivity contribution is -0.144. The quantitative estimate of drug-likeness (QED) is 0.410. The first-order valence-corrected chi connectivity index (χ1v) is 13.9. The Kier molecular flexibility index (Phi) is 7.22. The number of halogens is 3. The average molecular weight is 598 g/mol. The predicted molar refractivity (Wildman–Crippen MR) is 148 cm³/mol. The van der Waals surface area contributed by atoms with Crippen LogP contribution in [-0.4, -0.2) is 65.1 Å². The zero-order chi connectivity index (χ0) is 29.6. The van der Waals surface area contributed by atoms with E-state index in [1.54, 1.807) is 11.0 Å². The van der Waals surface area contributed by atoms with E-state index in [0.29, 0.717) is 55.4 Å². The third-order valence-corrected chi connectivity index (χ3v) is 8.25. The summed E-state index contributed by atoms with van der Waals surface area (Å²) in [7, 11) is 0. The highest BCUT2D eigenvalue weighted by Gasteiger charge is 2.51. The number of hydrogen-bond acceptors (Lipinski definition) is 6. The minimum absolute atomic E-state index is 0.0822. The number of fused-ring (bicyclic) bond motifs is 1. The zero-order valence-electron chi connectivity index (χ0n) is 22.3. The Balaban J connectivity index is 1.16. The Hall–Kier alpha value is -4.25. The number of likely N-dealkylation sites (tertiary alicyclic amines) is 1. The van der Waals surface area contributed by atoms with Gasteiger partial charge in [-0.1, -0.05) is 17.7 Å². The van der Waals surface area contributed by atoms with Gasteiger partial charge in [0, 0.05) is 30.9 Å². The number of benzene rings is 2. The van der Waals surface area contributed by atoms with Crippen LogP contribution in [0.1, 0.15) is 36.0 Å². The van der Waals surface area contributed by atoms with Crippen molar-refractivity contribution in [1.82, 2.24) is 9.88 Å². The van der Waals surface area contributed by atoms with Gasteiger partial charge < -0.3 is 24.4 Å². The number of anilines is 1. The average Bonchev–Trinajstić information content (AvgIpc) is 3.78. The minimum Gasteiger partial charge on any atom is -0.492 e. The van der Waals surface area contributed by atoms with Crippen LogP contribution < -0.4 is 14.4 Å². The molecule has 42 heavy (non-hydrogen) atoms. The molecule has 2 aliphatic heterocycles. The van der Waals surface area contributed by atoms with Crippen LogP contribution in [0.4, 0.5) is 14.5 Å². The number of hydrogen-bond donors (Lipinski definition) is 1. The van der Waals surface area contributed by atoms with E-state index < -0.39 is 28.9 Å². The topological polar surface area (TPSA) is 109 Å².